The van der Waals surface area contributed by atoms with Crippen molar-refractivity contribution in [3.8, 4) is 5.75 Å². The number of rotatable bonds is 6. The average Bonchev–Trinajstić information content (AvgIpc) is 3.08. The molecule has 0 fully saturated rings. The summed E-state index contributed by atoms with van der Waals surface area (Å²) in [6.07, 6.45) is 1.80. The Labute approximate surface area is 167 Å². The lowest BCUT2D eigenvalue weighted by Crippen LogP contribution is -2.25. The normalized spacial score (nSPS) is 12.9. The lowest BCUT2D eigenvalue weighted by molar-refractivity contribution is 0.0748. The highest BCUT2D eigenvalue weighted by atomic mass is 16.3. The van der Waals surface area contributed by atoms with Gasteiger partial charge >= 0.3 is 0 Å². The Hall–Kier alpha value is -2.73. The van der Waals surface area contributed by atoms with Gasteiger partial charge in [-0.15, -0.1) is 0 Å². The van der Waals surface area contributed by atoms with Gasteiger partial charge in [0, 0.05) is 24.7 Å². The van der Waals surface area contributed by atoms with Crippen LogP contribution in [0.25, 0.3) is 5.57 Å². The average molecular weight is 377 g/mol. The number of aromatic hydroxyl groups is 1. The smallest absolute Gasteiger partial charge is 0.258 e. The molecule has 0 aromatic heterocycles. The summed E-state index contributed by atoms with van der Waals surface area (Å²) in [6.45, 7) is 9.60. The van der Waals surface area contributed by atoms with Gasteiger partial charge in [-0.25, -0.2) is 0 Å². The molecule has 0 unspecified atom stereocenters. The van der Waals surface area contributed by atoms with Gasteiger partial charge in [0.15, 0.2) is 0 Å². The molecule has 4 N–H and O–H groups in total. The first-order valence-electron chi connectivity index (χ1n) is 9.69. The van der Waals surface area contributed by atoms with Crippen LogP contribution in [0.15, 0.2) is 36.9 Å². The van der Waals surface area contributed by atoms with Crippen LogP contribution < -0.4 is 16.7 Å². The predicted molar refractivity (Wildman–Crippen MR) is 117 cm³/mol. The number of nitrogens with one attached hydrogen (secondary N) is 1. The number of anilines is 1. The van der Waals surface area contributed by atoms with Crippen molar-refractivity contribution in [2.24, 2.45) is 11.8 Å². The van der Waals surface area contributed by atoms with Crippen LogP contribution >= 0.6 is 0 Å². The van der Waals surface area contributed by atoms with E-state index in [9.17, 15) is 9.90 Å². The van der Waals surface area contributed by atoms with Gasteiger partial charge < -0.3 is 15.4 Å². The first-order chi connectivity index (χ1) is 13.3. The maximum atomic E-state index is 13.1. The molecule has 0 radical (unpaired) electrons. The second-order valence-electron chi connectivity index (χ2n) is 8.03. The number of allylic oxidation sites excluding steroid dienone is 1. The number of carbonyl (C=O) groups excluding carboxylic acids is 1. The molecule has 146 valence electrons. The highest BCUT2D eigenvalue weighted by Gasteiger charge is 2.27. The number of benzene rings is 2. The number of nitrogens with two attached hydrogens (primary N) is 1. The van der Waals surface area contributed by atoms with E-state index >= 15 is 0 Å². The molecule has 0 saturated carbocycles. The number of amides is 1. The third kappa shape index (κ3) is 4.07. The highest BCUT2D eigenvalue weighted by molar-refractivity contribution is 6.32. The quantitative estimate of drug-likeness (QED) is 0.411. The van der Waals surface area contributed by atoms with Crippen LogP contribution in [0.5, 0.6) is 5.75 Å². The minimum atomic E-state index is -0.187. The molecular weight excluding hydrogens is 349 g/mol. The molecule has 0 atom stereocenters. The molecular formula is C22H28BN3O2. The van der Waals surface area contributed by atoms with Crippen LogP contribution in [0.2, 0.25) is 0 Å². The fraction of sp³-hybridized carbons (Fsp3) is 0.318. The monoisotopic (exact) mass is 377 g/mol. The minimum Gasteiger partial charge on any atom is -0.507 e. The van der Waals surface area contributed by atoms with Crippen molar-refractivity contribution in [1.29, 1.82) is 0 Å². The summed E-state index contributed by atoms with van der Waals surface area (Å²) in [5.74, 6) is 5.92. The van der Waals surface area contributed by atoms with Crippen molar-refractivity contribution in [1.82, 2.24) is 4.90 Å². The van der Waals surface area contributed by atoms with Crippen molar-refractivity contribution in [2.45, 2.75) is 39.8 Å². The Kier molecular flexibility index (Phi) is 5.80. The molecule has 0 saturated heterocycles. The summed E-state index contributed by atoms with van der Waals surface area (Å²) in [4.78, 5) is 14.9. The topological polar surface area (TPSA) is 78.6 Å². The van der Waals surface area contributed by atoms with E-state index in [-0.39, 0.29) is 17.2 Å². The van der Waals surface area contributed by atoms with Gasteiger partial charge in [0.05, 0.1) is 11.3 Å². The second-order valence-corrected chi connectivity index (χ2v) is 8.03. The zero-order chi connectivity index (χ0) is 20.4. The SMILES string of the molecule is Bc1ccc2c(c1)CN(C(=O)c1cc(C(=C)CCC(C)C)c(NN)cc1O)C2. The first-order valence-corrected chi connectivity index (χ1v) is 9.69. The van der Waals surface area contributed by atoms with E-state index in [4.69, 9.17) is 5.84 Å². The highest BCUT2D eigenvalue weighted by Crippen LogP contribution is 2.34. The van der Waals surface area contributed by atoms with Gasteiger partial charge in [0.1, 0.15) is 13.6 Å². The lowest BCUT2D eigenvalue weighted by atomic mass is 9.93. The summed E-state index contributed by atoms with van der Waals surface area (Å²) in [7, 11) is 2.05. The van der Waals surface area contributed by atoms with Crippen molar-refractivity contribution < 1.29 is 9.90 Å². The number of fused-ring (bicyclic) bond motifs is 1. The van der Waals surface area contributed by atoms with Gasteiger partial charge in [0.2, 0.25) is 0 Å². The summed E-state index contributed by atoms with van der Waals surface area (Å²) < 4.78 is 0. The van der Waals surface area contributed by atoms with Gasteiger partial charge in [-0.2, -0.15) is 0 Å². The Morgan fingerprint density at radius 3 is 2.64 bits per heavy atom. The molecule has 6 heteroatoms. The number of phenols is 1. The molecule has 0 aliphatic carbocycles. The van der Waals surface area contributed by atoms with E-state index in [2.05, 4.69) is 44.1 Å². The largest absolute Gasteiger partial charge is 0.507 e. The molecule has 28 heavy (non-hydrogen) atoms. The Morgan fingerprint density at radius 1 is 1.25 bits per heavy atom. The maximum Gasteiger partial charge on any atom is 0.258 e. The third-order valence-corrected chi connectivity index (χ3v) is 5.30. The zero-order valence-electron chi connectivity index (χ0n) is 16.9. The molecule has 1 amide bonds. The number of hydrazine groups is 1. The Balaban J connectivity index is 1.88. The van der Waals surface area contributed by atoms with E-state index in [1.807, 2.05) is 7.85 Å². The number of nitrogen functional groups attached to an aromatic ring is 1. The Bertz CT molecular complexity index is 924. The molecule has 0 bridgehead atoms. The van der Waals surface area contributed by atoms with Crippen LogP contribution in [0.1, 0.15) is 53.7 Å². The van der Waals surface area contributed by atoms with Crippen molar-refractivity contribution in [2.75, 3.05) is 5.43 Å². The lowest BCUT2D eigenvalue weighted by Gasteiger charge is -2.19. The molecule has 1 heterocycles. The number of nitrogens with zero attached hydrogens (tertiary/aromatic N) is 1. The predicted octanol–water partition coefficient (Wildman–Crippen LogP) is 2.54. The van der Waals surface area contributed by atoms with Crippen molar-refractivity contribution in [3.05, 3.63) is 59.2 Å². The van der Waals surface area contributed by atoms with Gasteiger partial charge in [0.25, 0.3) is 5.91 Å². The van der Waals surface area contributed by atoms with E-state index < -0.39 is 0 Å². The Morgan fingerprint density at radius 2 is 1.96 bits per heavy atom. The molecule has 3 rings (SSSR count). The molecule has 2 aromatic rings. The second kappa shape index (κ2) is 8.11. The standard InChI is InChI=1S/C22H28BN3O2/c1-13(2)4-5-14(3)18-9-19(21(27)10-20(18)25-24)22(28)26-11-15-6-7-17(23)8-16(15)12-26/h6-10,13,25,27H,3-5,11-12,23-24H2,1-2H3. The maximum absolute atomic E-state index is 13.1. The van der Waals surface area contributed by atoms with E-state index in [0.29, 0.717) is 24.7 Å². The third-order valence-electron chi connectivity index (χ3n) is 5.30. The number of hydrogen-bond acceptors (Lipinski definition) is 4. The van der Waals surface area contributed by atoms with Crippen LogP contribution in [-0.4, -0.2) is 23.8 Å². The molecule has 0 spiro atoms. The zero-order valence-corrected chi connectivity index (χ0v) is 16.9. The molecule has 1 aliphatic heterocycles. The number of carbonyl (C=O) groups is 1. The van der Waals surface area contributed by atoms with Crippen LogP contribution in [-0.2, 0) is 13.1 Å². The van der Waals surface area contributed by atoms with E-state index in [0.717, 1.165) is 35.1 Å². The molecule has 2 aromatic carbocycles. The summed E-state index contributed by atoms with van der Waals surface area (Å²) in [5.41, 5.74) is 8.64. The van der Waals surface area contributed by atoms with Gasteiger partial charge in [-0.1, -0.05) is 44.1 Å². The first kappa shape index (κ1) is 20.0. The van der Waals surface area contributed by atoms with Crippen molar-refractivity contribution in [3.63, 3.8) is 0 Å². The molecule has 5 nitrogen and oxygen atoms in total. The van der Waals surface area contributed by atoms with E-state index in [1.165, 1.54) is 11.5 Å². The summed E-state index contributed by atoms with van der Waals surface area (Å²) >= 11 is 0. The minimum absolute atomic E-state index is 0.0782. The number of phenolic OH excluding ortho intramolecular Hbond substituents is 1. The van der Waals surface area contributed by atoms with Gasteiger partial charge in [-0.3, -0.25) is 10.6 Å². The van der Waals surface area contributed by atoms with Gasteiger partial charge in [-0.05, 0) is 41.5 Å². The fourth-order valence-electron chi connectivity index (χ4n) is 3.61. The molecule has 1 aliphatic rings. The summed E-state index contributed by atoms with van der Waals surface area (Å²) in [6, 6.07) is 9.46. The van der Waals surface area contributed by atoms with Crippen LogP contribution in [0.4, 0.5) is 5.69 Å². The fourth-order valence-corrected chi connectivity index (χ4v) is 3.61. The number of hydrogen-bond donors (Lipinski definition) is 3. The van der Waals surface area contributed by atoms with Crippen molar-refractivity contribution >= 4 is 30.5 Å². The van der Waals surface area contributed by atoms with Crippen LogP contribution in [0.3, 0.4) is 0 Å². The van der Waals surface area contributed by atoms with E-state index in [1.54, 1.807) is 11.0 Å². The van der Waals surface area contributed by atoms with Crippen LogP contribution in [0, 0.1) is 5.92 Å². The summed E-state index contributed by atoms with van der Waals surface area (Å²) in [5, 5.41) is 10.5.